The number of hydrogen-bond acceptors (Lipinski definition) is 1. The van der Waals surface area contributed by atoms with Gasteiger partial charge in [-0.05, 0) is 72.1 Å². The molecule has 0 saturated heterocycles. The van der Waals surface area contributed by atoms with Gasteiger partial charge in [0.2, 0.25) is 6.33 Å². The Labute approximate surface area is 236 Å². The Hall–Kier alpha value is -4.70. The molecular formula is C35H31N4+. The number of aromatic nitrogens is 4. The van der Waals surface area contributed by atoms with Crippen LogP contribution in [0.15, 0.2) is 116 Å². The average molecular weight is 514 g/mol. The van der Waals surface area contributed by atoms with Crippen molar-refractivity contribution >= 4 is 32.8 Å². The van der Waals surface area contributed by atoms with Crippen LogP contribution in [0.25, 0.3) is 44.3 Å². The van der Waals surface area contributed by atoms with E-state index in [1.807, 2.05) is 63.7 Å². The smallest absolute Gasteiger partial charge is 0.249 e. The molecule has 0 N–H and O–H groups in total. The summed E-state index contributed by atoms with van der Waals surface area (Å²) in [7, 11) is 0. The summed E-state index contributed by atoms with van der Waals surface area (Å²) in [6, 6.07) is 33.4. The summed E-state index contributed by atoms with van der Waals surface area (Å²) < 4.78 is 53.3. The minimum Gasteiger partial charge on any atom is -0.294 e. The van der Waals surface area contributed by atoms with Crippen LogP contribution in [0.1, 0.15) is 38.8 Å². The van der Waals surface area contributed by atoms with Gasteiger partial charge in [-0.3, -0.25) is 4.57 Å². The van der Waals surface area contributed by atoms with Crippen molar-refractivity contribution in [2.24, 2.45) is 6.98 Å². The monoisotopic (exact) mass is 513 g/mol. The number of imidazole rings is 1. The predicted molar refractivity (Wildman–Crippen MR) is 160 cm³/mol. The van der Waals surface area contributed by atoms with Crippen LogP contribution in [0.2, 0.25) is 0 Å². The average Bonchev–Trinajstić information content (AvgIpc) is 3.57. The minimum atomic E-state index is -2.31. The Bertz CT molecular complexity index is 2240. The lowest BCUT2D eigenvalue weighted by molar-refractivity contribution is -0.645. The molecule has 3 heterocycles. The van der Waals surface area contributed by atoms with Crippen LogP contribution in [0.5, 0.6) is 0 Å². The minimum absolute atomic E-state index is 0.240. The second-order valence-electron chi connectivity index (χ2n) is 10.5. The van der Waals surface area contributed by atoms with E-state index in [9.17, 15) is 0 Å². The Morgan fingerprint density at radius 3 is 2.41 bits per heavy atom. The zero-order valence-corrected chi connectivity index (χ0v) is 21.8. The maximum absolute atomic E-state index is 8.06. The van der Waals surface area contributed by atoms with Gasteiger partial charge in [-0.25, -0.2) is 9.55 Å². The second-order valence-corrected chi connectivity index (χ2v) is 10.5. The molecule has 7 aromatic rings. The third-order valence-electron chi connectivity index (χ3n) is 7.85. The van der Waals surface area contributed by atoms with Gasteiger partial charge in [0.05, 0.1) is 22.1 Å². The van der Waals surface area contributed by atoms with Crippen LogP contribution >= 0.6 is 0 Å². The maximum Gasteiger partial charge on any atom is 0.249 e. The molecule has 4 heteroatoms. The van der Waals surface area contributed by atoms with Crippen molar-refractivity contribution in [3.63, 3.8) is 0 Å². The van der Waals surface area contributed by atoms with Gasteiger partial charge in [-0.1, -0.05) is 68.4 Å². The second kappa shape index (κ2) is 8.67. The van der Waals surface area contributed by atoms with E-state index in [2.05, 4.69) is 55.2 Å². The fourth-order valence-electron chi connectivity index (χ4n) is 5.68. The zero-order chi connectivity index (χ0) is 31.7. The number of fused-ring (bicyclic) bond motifs is 4. The normalized spacial score (nSPS) is 15.0. The van der Waals surface area contributed by atoms with Crippen molar-refractivity contribution in [2.75, 3.05) is 0 Å². The van der Waals surface area contributed by atoms with Crippen molar-refractivity contribution in [1.82, 2.24) is 14.1 Å². The van der Waals surface area contributed by atoms with Crippen molar-refractivity contribution in [3.05, 3.63) is 132 Å². The Morgan fingerprint density at radius 1 is 0.744 bits per heavy atom. The highest BCUT2D eigenvalue weighted by Gasteiger charge is 2.26. The lowest BCUT2D eigenvalue weighted by Gasteiger charge is -2.26. The van der Waals surface area contributed by atoms with Crippen molar-refractivity contribution in [2.45, 2.75) is 26.1 Å². The summed E-state index contributed by atoms with van der Waals surface area (Å²) in [5.74, 6) is 0.550. The number of pyridine rings is 1. The molecule has 0 unspecified atom stereocenters. The summed E-state index contributed by atoms with van der Waals surface area (Å²) in [5, 5.41) is 2.11. The van der Waals surface area contributed by atoms with Crippen LogP contribution in [-0.2, 0) is 12.4 Å². The molecule has 0 spiro atoms. The van der Waals surface area contributed by atoms with E-state index in [-0.39, 0.29) is 5.56 Å². The molecule has 7 rings (SSSR count). The van der Waals surface area contributed by atoms with Gasteiger partial charge >= 0.3 is 0 Å². The van der Waals surface area contributed by atoms with Gasteiger partial charge in [0.15, 0.2) is 11.0 Å². The van der Waals surface area contributed by atoms with Gasteiger partial charge in [0.25, 0.3) is 0 Å². The molecular weight excluding hydrogens is 476 g/mol. The highest BCUT2D eigenvalue weighted by atomic mass is 15.1. The first-order valence-corrected chi connectivity index (χ1v) is 13.0. The van der Waals surface area contributed by atoms with Gasteiger partial charge in [0, 0.05) is 26.5 Å². The summed E-state index contributed by atoms with van der Waals surface area (Å²) in [6.07, 6.45) is 3.20. The quantitative estimate of drug-likeness (QED) is 0.223. The van der Waals surface area contributed by atoms with Gasteiger partial charge in [0.1, 0.15) is 11.5 Å². The standard InChI is InChI=1S/C35H31N4/c1-24-18-19-36-34(20-24)39-30-13-6-5-12-28(30)29-17-16-26(22-33(29)39)35(2,3)25-10-9-11-27(21-25)38-23-37(4)31-14-7-8-15-32(31)38/h5-23H,1-4H3/q+1/i1D3,4D3. The van der Waals surface area contributed by atoms with Crippen LogP contribution in [0, 0.1) is 6.85 Å². The van der Waals surface area contributed by atoms with Crippen molar-refractivity contribution in [3.8, 4) is 11.5 Å². The molecule has 0 aliphatic heterocycles. The molecule has 0 aliphatic carbocycles. The molecule has 0 amide bonds. The predicted octanol–water partition coefficient (Wildman–Crippen LogP) is 7.58. The number of aryl methyl sites for hydroxylation is 2. The number of nitrogens with zero attached hydrogens (tertiary/aromatic N) is 4. The number of benzene rings is 4. The van der Waals surface area contributed by atoms with E-state index in [1.165, 1.54) is 4.57 Å². The van der Waals surface area contributed by atoms with E-state index in [0.717, 1.165) is 44.1 Å². The molecule has 190 valence electrons. The summed E-state index contributed by atoms with van der Waals surface area (Å²) in [6.45, 7) is -0.218. The Kier molecular flexibility index (Phi) is 3.94. The largest absolute Gasteiger partial charge is 0.294 e. The first kappa shape index (κ1) is 17.7. The fourth-order valence-corrected chi connectivity index (χ4v) is 5.68. The van der Waals surface area contributed by atoms with Crippen LogP contribution in [-0.4, -0.2) is 14.1 Å². The number of hydrogen-bond donors (Lipinski definition) is 0. The Morgan fingerprint density at radius 2 is 1.54 bits per heavy atom. The topological polar surface area (TPSA) is 26.6 Å². The van der Waals surface area contributed by atoms with Gasteiger partial charge < -0.3 is 0 Å². The van der Waals surface area contributed by atoms with Crippen LogP contribution in [0.3, 0.4) is 0 Å². The molecule has 0 atom stereocenters. The highest BCUT2D eigenvalue weighted by molar-refractivity contribution is 6.09. The Balaban J connectivity index is 1.39. The molecule has 4 nitrogen and oxygen atoms in total. The summed E-state index contributed by atoms with van der Waals surface area (Å²) in [5.41, 5.74) is 6.11. The number of para-hydroxylation sites is 3. The van der Waals surface area contributed by atoms with E-state index in [0.29, 0.717) is 11.3 Å². The SMILES string of the molecule is [2H]C([2H])([2H])c1ccnc(-n2c3ccccc3c3ccc(C(C)(C)c4cccc(-n5c[n+](C([2H])([2H])[2H])c6ccccc65)c4)cc32)c1. The van der Waals surface area contributed by atoms with Crippen molar-refractivity contribution in [1.29, 1.82) is 0 Å². The highest BCUT2D eigenvalue weighted by Crippen LogP contribution is 2.38. The lowest BCUT2D eigenvalue weighted by atomic mass is 9.77. The molecule has 39 heavy (non-hydrogen) atoms. The maximum atomic E-state index is 8.06. The molecule has 3 aromatic heterocycles. The van der Waals surface area contributed by atoms with Gasteiger partial charge in [-0.2, -0.15) is 4.57 Å². The third-order valence-corrected chi connectivity index (χ3v) is 7.85. The number of rotatable bonds is 4. The van der Waals surface area contributed by atoms with Crippen LogP contribution < -0.4 is 4.57 Å². The molecule has 0 bridgehead atoms. The molecule has 4 aromatic carbocycles. The van der Waals surface area contributed by atoms with Gasteiger partial charge in [-0.15, -0.1) is 0 Å². The fraction of sp³-hybridized carbons (Fsp3) is 0.143. The van der Waals surface area contributed by atoms with E-state index >= 15 is 0 Å². The first-order valence-electron chi connectivity index (χ1n) is 16.0. The van der Waals surface area contributed by atoms with Crippen molar-refractivity contribution < 1.29 is 12.8 Å². The molecule has 0 saturated carbocycles. The van der Waals surface area contributed by atoms with E-state index in [1.54, 1.807) is 24.7 Å². The van der Waals surface area contributed by atoms with E-state index in [4.69, 9.17) is 8.22 Å². The lowest BCUT2D eigenvalue weighted by Crippen LogP contribution is -2.25. The van der Waals surface area contributed by atoms with Crippen LogP contribution in [0.4, 0.5) is 0 Å². The third kappa shape index (κ3) is 3.67. The molecule has 0 aliphatic rings. The first-order chi connectivity index (χ1) is 21.3. The molecule has 0 radical (unpaired) electrons. The summed E-state index contributed by atoms with van der Waals surface area (Å²) >= 11 is 0. The van der Waals surface area contributed by atoms with E-state index < -0.39 is 19.2 Å². The zero-order valence-electron chi connectivity index (χ0n) is 27.8. The molecule has 0 fully saturated rings. The summed E-state index contributed by atoms with van der Waals surface area (Å²) in [4.78, 5) is 4.60.